The molecule has 4 nitrogen and oxygen atoms in total. The van der Waals surface area contributed by atoms with E-state index in [2.05, 4.69) is 6.07 Å². The first kappa shape index (κ1) is 14.9. The summed E-state index contributed by atoms with van der Waals surface area (Å²) < 4.78 is 0. The second-order valence-electron chi connectivity index (χ2n) is 4.54. The van der Waals surface area contributed by atoms with Crippen molar-refractivity contribution in [3.05, 3.63) is 64.7 Å². The average Bonchev–Trinajstić information content (AvgIpc) is 2.47. The van der Waals surface area contributed by atoms with Gasteiger partial charge in [-0.3, -0.25) is 4.79 Å². The molecule has 0 radical (unpaired) electrons. The molecule has 0 fully saturated rings. The minimum atomic E-state index is -0.913. The Hall–Kier alpha value is -2.51. The van der Waals surface area contributed by atoms with Crippen LogP contribution in [-0.4, -0.2) is 17.6 Å². The molecule has 106 valence electrons. The molecule has 0 bridgehead atoms. The zero-order valence-electron chi connectivity index (χ0n) is 11.2. The number of rotatable bonds is 5. The summed E-state index contributed by atoms with van der Waals surface area (Å²) in [6.07, 6.45) is 0. The summed E-state index contributed by atoms with van der Waals surface area (Å²) in [7, 11) is 0. The number of hydrogen-bond donors (Lipinski definition) is 1. The first-order chi connectivity index (χ1) is 10.1. The van der Waals surface area contributed by atoms with Crippen LogP contribution < -0.4 is 4.90 Å². The average molecular weight is 301 g/mol. The summed E-state index contributed by atoms with van der Waals surface area (Å²) in [4.78, 5) is 12.8. The first-order valence-electron chi connectivity index (χ1n) is 6.30. The zero-order valence-corrected chi connectivity index (χ0v) is 11.9. The maximum atomic E-state index is 11.0. The Morgan fingerprint density at radius 3 is 2.52 bits per heavy atom. The molecular weight excluding hydrogens is 288 g/mol. The van der Waals surface area contributed by atoms with Gasteiger partial charge in [0.25, 0.3) is 0 Å². The maximum absolute atomic E-state index is 11.0. The van der Waals surface area contributed by atoms with E-state index in [9.17, 15) is 4.79 Å². The number of carboxylic acid groups (broad SMARTS) is 1. The van der Waals surface area contributed by atoms with E-state index in [1.165, 1.54) is 0 Å². The van der Waals surface area contributed by atoms with Crippen LogP contribution in [0.5, 0.6) is 0 Å². The van der Waals surface area contributed by atoms with E-state index in [1.54, 1.807) is 35.2 Å². The second kappa shape index (κ2) is 6.78. The Kier molecular flexibility index (Phi) is 4.81. The first-order valence-corrected chi connectivity index (χ1v) is 6.67. The lowest BCUT2D eigenvalue weighted by molar-refractivity contribution is -0.135. The highest BCUT2D eigenvalue weighted by molar-refractivity contribution is 6.30. The predicted octanol–water partition coefficient (Wildman–Crippen LogP) is 3.30. The Morgan fingerprint density at radius 1 is 1.24 bits per heavy atom. The molecule has 0 saturated heterocycles. The molecule has 2 rings (SSSR count). The molecule has 0 spiro atoms. The van der Waals surface area contributed by atoms with Crippen molar-refractivity contribution >= 4 is 23.3 Å². The quantitative estimate of drug-likeness (QED) is 0.920. The molecule has 0 atom stereocenters. The fourth-order valence-electron chi connectivity index (χ4n) is 1.98. The van der Waals surface area contributed by atoms with E-state index in [-0.39, 0.29) is 6.54 Å². The van der Waals surface area contributed by atoms with Gasteiger partial charge in [0, 0.05) is 17.3 Å². The lowest BCUT2D eigenvalue weighted by Crippen LogP contribution is -2.29. The van der Waals surface area contributed by atoms with Crippen LogP contribution in [0.4, 0.5) is 5.69 Å². The van der Waals surface area contributed by atoms with E-state index < -0.39 is 5.97 Å². The van der Waals surface area contributed by atoms with Gasteiger partial charge in [-0.1, -0.05) is 29.8 Å². The summed E-state index contributed by atoms with van der Waals surface area (Å²) in [5, 5.41) is 18.4. The van der Waals surface area contributed by atoms with Crippen molar-refractivity contribution in [1.29, 1.82) is 5.26 Å². The number of nitriles is 1. The normalized spacial score (nSPS) is 9.90. The largest absolute Gasteiger partial charge is 0.480 e. The van der Waals surface area contributed by atoms with E-state index >= 15 is 0 Å². The highest BCUT2D eigenvalue weighted by Gasteiger charge is 2.12. The van der Waals surface area contributed by atoms with E-state index in [0.29, 0.717) is 17.1 Å². The molecule has 0 saturated carbocycles. The number of hydrogen-bond acceptors (Lipinski definition) is 3. The monoisotopic (exact) mass is 300 g/mol. The SMILES string of the molecule is N#Cc1ccc(CN(CC(=O)O)c2cccc(Cl)c2)cc1. The van der Waals surface area contributed by atoms with Gasteiger partial charge in [-0.05, 0) is 35.9 Å². The van der Waals surface area contributed by atoms with Gasteiger partial charge in [0.1, 0.15) is 6.54 Å². The highest BCUT2D eigenvalue weighted by Crippen LogP contribution is 2.21. The van der Waals surface area contributed by atoms with E-state index in [4.69, 9.17) is 22.0 Å². The Balaban J connectivity index is 2.23. The number of benzene rings is 2. The summed E-state index contributed by atoms with van der Waals surface area (Å²) in [6, 6.07) is 16.2. The van der Waals surface area contributed by atoms with Gasteiger partial charge in [0.2, 0.25) is 0 Å². The van der Waals surface area contributed by atoms with Crippen molar-refractivity contribution in [2.75, 3.05) is 11.4 Å². The van der Waals surface area contributed by atoms with Crippen LogP contribution in [0.15, 0.2) is 48.5 Å². The number of aliphatic carboxylic acids is 1. The molecule has 0 amide bonds. The summed E-state index contributed by atoms with van der Waals surface area (Å²) >= 11 is 5.96. The Bertz CT molecular complexity index is 677. The lowest BCUT2D eigenvalue weighted by Gasteiger charge is -2.23. The summed E-state index contributed by atoms with van der Waals surface area (Å²) in [5.74, 6) is -0.913. The molecule has 21 heavy (non-hydrogen) atoms. The second-order valence-corrected chi connectivity index (χ2v) is 4.97. The van der Waals surface area contributed by atoms with Crippen molar-refractivity contribution in [3.8, 4) is 6.07 Å². The third kappa shape index (κ3) is 4.23. The van der Waals surface area contributed by atoms with Crippen LogP contribution in [0.1, 0.15) is 11.1 Å². The van der Waals surface area contributed by atoms with Crippen LogP contribution in [0.3, 0.4) is 0 Å². The van der Waals surface area contributed by atoms with Crippen LogP contribution in [0.2, 0.25) is 5.02 Å². The van der Waals surface area contributed by atoms with E-state index in [0.717, 1.165) is 11.3 Å². The van der Waals surface area contributed by atoms with Gasteiger partial charge in [-0.25, -0.2) is 0 Å². The summed E-state index contributed by atoms with van der Waals surface area (Å²) in [6.45, 7) is 0.304. The van der Waals surface area contributed by atoms with Crippen LogP contribution in [0.25, 0.3) is 0 Å². The van der Waals surface area contributed by atoms with Crippen LogP contribution >= 0.6 is 11.6 Å². The molecule has 0 aliphatic carbocycles. The molecule has 2 aromatic rings. The van der Waals surface area contributed by atoms with Crippen molar-refractivity contribution in [2.24, 2.45) is 0 Å². The summed E-state index contributed by atoms with van der Waals surface area (Å²) in [5.41, 5.74) is 2.25. The molecule has 2 aromatic carbocycles. The van der Waals surface area contributed by atoms with Gasteiger partial charge in [-0.2, -0.15) is 5.26 Å². The van der Waals surface area contributed by atoms with E-state index in [1.807, 2.05) is 18.2 Å². The van der Waals surface area contributed by atoms with Crippen molar-refractivity contribution < 1.29 is 9.90 Å². The van der Waals surface area contributed by atoms with Crippen LogP contribution in [0, 0.1) is 11.3 Å². The molecule has 0 aliphatic heterocycles. The Morgan fingerprint density at radius 2 is 1.95 bits per heavy atom. The Labute approximate surface area is 127 Å². The third-order valence-corrected chi connectivity index (χ3v) is 3.19. The molecule has 5 heteroatoms. The molecule has 0 aliphatic rings. The molecular formula is C16H13ClN2O2. The third-order valence-electron chi connectivity index (χ3n) is 2.96. The van der Waals surface area contributed by atoms with Crippen LogP contribution in [-0.2, 0) is 11.3 Å². The fraction of sp³-hybridized carbons (Fsp3) is 0.125. The molecule has 0 heterocycles. The van der Waals surface area contributed by atoms with Crippen molar-refractivity contribution in [1.82, 2.24) is 0 Å². The highest BCUT2D eigenvalue weighted by atomic mass is 35.5. The van der Waals surface area contributed by atoms with Gasteiger partial charge in [-0.15, -0.1) is 0 Å². The smallest absolute Gasteiger partial charge is 0.323 e. The number of carboxylic acids is 1. The lowest BCUT2D eigenvalue weighted by atomic mass is 10.1. The standard InChI is InChI=1S/C16H13ClN2O2/c17-14-2-1-3-15(8-14)19(11-16(20)21)10-13-6-4-12(9-18)5-7-13/h1-8H,10-11H2,(H,20,21). The minimum Gasteiger partial charge on any atom is -0.480 e. The van der Waals surface area contributed by atoms with Gasteiger partial charge in [0.15, 0.2) is 0 Å². The van der Waals surface area contributed by atoms with Crippen molar-refractivity contribution in [2.45, 2.75) is 6.54 Å². The van der Waals surface area contributed by atoms with Gasteiger partial charge >= 0.3 is 5.97 Å². The topological polar surface area (TPSA) is 64.3 Å². The fourth-order valence-corrected chi connectivity index (χ4v) is 2.16. The molecule has 1 N–H and O–H groups in total. The number of halogens is 1. The van der Waals surface area contributed by atoms with Gasteiger partial charge < -0.3 is 10.0 Å². The number of anilines is 1. The maximum Gasteiger partial charge on any atom is 0.323 e. The molecule has 0 aromatic heterocycles. The van der Waals surface area contributed by atoms with Crippen molar-refractivity contribution in [3.63, 3.8) is 0 Å². The zero-order chi connectivity index (χ0) is 15.2. The van der Waals surface area contributed by atoms with Gasteiger partial charge in [0.05, 0.1) is 11.6 Å². The molecule has 0 unspecified atom stereocenters. The predicted molar refractivity (Wildman–Crippen MR) is 81.3 cm³/mol. The minimum absolute atomic E-state index is 0.125. The number of carbonyl (C=O) groups is 1. The number of nitrogens with zero attached hydrogens (tertiary/aromatic N) is 2.